The van der Waals surface area contributed by atoms with Gasteiger partial charge >= 0.3 is 0 Å². The summed E-state index contributed by atoms with van der Waals surface area (Å²) < 4.78 is 34.5. The molecule has 0 N–H and O–H groups in total. The van der Waals surface area contributed by atoms with Crippen LogP contribution in [0.1, 0.15) is 32.1 Å². The Labute approximate surface area is 177 Å². The number of carbonyl (C=O) groups is 2. The van der Waals surface area contributed by atoms with Crippen LogP contribution in [0.15, 0.2) is 29.2 Å². The second-order valence-corrected chi connectivity index (χ2v) is 10.5. The first-order valence-electron chi connectivity index (χ1n) is 10.5. The number of hydrogen-bond donors (Lipinski definition) is 0. The number of amides is 2. The lowest BCUT2D eigenvalue weighted by Crippen LogP contribution is -2.50. The van der Waals surface area contributed by atoms with Crippen LogP contribution < -0.4 is 4.74 Å². The first-order chi connectivity index (χ1) is 14.3. The third kappa shape index (κ3) is 4.18. The maximum absolute atomic E-state index is 13.5. The molecular formula is C21H29N3O5S. The summed E-state index contributed by atoms with van der Waals surface area (Å²) in [5.74, 6) is 0.657. The molecule has 0 bridgehead atoms. The SMILES string of the molecule is CN(C)C(=O)CN1[C@@H]2CCN(C(=O)CC3CC3)CC[C@H]2Oc2ccccc2S1(=O)=O. The molecule has 164 valence electrons. The van der Waals surface area contributed by atoms with E-state index in [0.29, 0.717) is 44.0 Å². The van der Waals surface area contributed by atoms with Crippen molar-refractivity contribution in [2.45, 2.75) is 49.1 Å². The van der Waals surface area contributed by atoms with Crippen molar-refractivity contribution >= 4 is 21.8 Å². The summed E-state index contributed by atoms with van der Waals surface area (Å²) in [6.45, 7) is 0.753. The van der Waals surface area contributed by atoms with E-state index >= 15 is 0 Å². The zero-order chi connectivity index (χ0) is 21.5. The number of likely N-dealkylation sites (N-methyl/N-ethyl adjacent to an activating group) is 1. The number of nitrogens with zero attached hydrogens (tertiary/aromatic N) is 3. The van der Waals surface area contributed by atoms with Crippen LogP contribution in [0.25, 0.3) is 0 Å². The van der Waals surface area contributed by atoms with Gasteiger partial charge in [-0.3, -0.25) is 9.59 Å². The van der Waals surface area contributed by atoms with Crippen LogP contribution in [-0.4, -0.2) is 80.2 Å². The van der Waals surface area contributed by atoms with Crippen LogP contribution in [0.4, 0.5) is 0 Å². The Hall–Kier alpha value is -2.13. The smallest absolute Gasteiger partial charge is 0.247 e. The number of fused-ring (bicyclic) bond motifs is 2. The number of ether oxygens (including phenoxy) is 1. The van der Waals surface area contributed by atoms with Gasteiger partial charge in [-0.15, -0.1) is 0 Å². The number of benzene rings is 1. The zero-order valence-electron chi connectivity index (χ0n) is 17.5. The molecule has 30 heavy (non-hydrogen) atoms. The molecule has 4 rings (SSSR count). The predicted molar refractivity (Wildman–Crippen MR) is 110 cm³/mol. The van der Waals surface area contributed by atoms with Crippen LogP contribution in [0.2, 0.25) is 0 Å². The maximum atomic E-state index is 13.5. The molecule has 1 aliphatic carbocycles. The van der Waals surface area contributed by atoms with Crippen molar-refractivity contribution < 1.29 is 22.7 Å². The Bertz CT molecular complexity index is 928. The molecule has 2 amide bonds. The number of carbonyl (C=O) groups excluding carboxylic acids is 2. The first-order valence-corrected chi connectivity index (χ1v) is 12.0. The summed E-state index contributed by atoms with van der Waals surface area (Å²) in [5, 5.41) is 0. The molecular weight excluding hydrogens is 406 g/mol. The third-order valence-corrected chi connectivity index (χ3v) is 8.10. The van der Waals surface area contributed by atoms with Gasteiger partial charge in [0.25, 0.3) is 0 Å². The molecule has 3 aliphatic rings. The number of sulfonamides is 1. The van der Waals surface area contributed by atoms with Crippen LogP contribution in [-0.2, 0) is 19.6 Å². The van der Waals surface area contributed by atoms with Crippen LogP contribution >= 0.6 is 0 Å². The van der Waals surface area contributed by atoms with Crippen LogP contribution in [0.5, 0.6) is 5.75 Å². The normalized spacial score (nSPS) is 25.9. The highest BCUT2D eigenvalue weighted by molar-refractivity contribution is 7.89. The second kappa shape index (κ2) is 8.19. The molecule has 1 saturated heterocycles. The number of likely N-dealkylation sites (tertiary alicyclic amines) is 1. The van der Waals surface area contributed by atoms with E-state index in [1.807, 2.05) is 4.90 Å². The van der Waals surface area contributed by atoms with Crippen molar-refractivity contribution in [2.24, 2.45) is 5.92 Å². The largest absolute Gasteiger partial charge is 0.487 e. The highest BCUT2D eigenvalue weighted by Gasteiger charge is 2.44. The molecule has 1 aromatic rings. The molecule has 2 aliphatic heterocycles. The topological polar surface area (TPSA) is 87.2 Å². The first kappa shape index (κ1) is 21.1. The molecule has 0 radical (unpaired) electrons. The molecule has 1 saturated carbocycles. The Kier molecular flexibility index (Phi) is 5.76. The highest BCUT2D eigenvalue weighted by atomic mass is 32.2. The molecule has 2 heterocycles. The Morgan fingerprint density at radius 3 is 2.50 bits per heavy atom. The Morgan fingerprint density at radius 1 is 1.10 bits per heavy atom. The van der Waals surface area contributed by atoms with Crippen molar-refractivity contribution in [1.29, 1.82) is 0 Å². The van der Waals surface area contributed by atoms with E-state index in [-0.39, 0.29) is 23.3 Å². The summed E-state index contributed by atoms with van der Waals surface area (Å²) in [4.78, 5) is 28.5. The van der Waals surface area contributed by atoms with Crippen molar-refractivity contribution in [3.8, 4) is 5.75 Å². The highest BCUT2D eigenvalue weighted by Crippen LogP contribution is 2.37. The quantitative estimate of drug-likeness (QED) is 0.712. The summed E-state index contributed by atoms with van der Waals surface area (Å²) >= 11 is 0. The third-order valence-electron chi connectivity index (χ3n) is 6.19. The number of rotatable bonds is 4. The molecule has 0 spiro atoms. The van der Waals surface area contributed by atoms with E-state index in [9.17, 15) is 18.0 Å². The molecule has 2 fully saturated rings. The van der Waals surface area contributed by atoms with Gasteiger partial charge in [0.2, 0.25) is 21.8 Å². The summed E-state index contributed by atoms with van der Waals surface area (Å²) in [6, 6.07) is 6.07. The predicted octanol–water partition coefficient (Wildman–Crippen LogP) is 1.32. The monoisotopic (exact) mass is 435 g/mol. The summed E-state index contributed by atoms with van der Waals surface area (Å²) in [5.41, 5.74) is 0. The minimum Gasteiger partial charge on any atom is -0.487 e. The average molecular weight is 436 g/mol. The lowest BCUT2D eigenvalue weighted by molar-refractivity contribution is -0.132. The Balaban J connectivity index is 1.65. The van der Waals surface area contributed by atoms with Gasteiger partial charge in [0.15, 0.2) is 0 Å². The van der Waals surface area contributed by atoms with Gasteiger partial charge in [-0.2, -0.15) is 4.31 Å². The molecule has 0 aromatic heterocycles. The lowest BCUT2D eigenvalue weighted by atomic mass is 10.1. The van der Waals surface area contributed by atoms with Gasteiger partial charge in [-0.05, 0) is 37.3 Å². The van der Waals surface area contributed by atoms with Crippen molar-refractivity contribution in [3.63, 3.8) is 0 Å². The van der Waals surface area contributed by atoms with Crippen molar-refractivity contribution in [2.75, 3.05) is 33.7 Å². The summed E-state index contributed by atoms with van der Waals surface area (Å²) in [7, 11) is -0.701. The fraction of sp³-hybridized carbons (Fsp3) is 0.619. The minimum atomic E-state index is -3.92. The number of para-hydroxylation sites is 1. The van der Waals surface area contributed by atoms with E-state index in [1.165, 1.54) is 15.3 Å². The maximum Gasteiger partial charge on any atom is 0.247 e. The standard InChI is InChI=1S/C21H29N3O5S/c1-22(2)21(26)14-24-16-9-11-23(20(25)13-15-7-8-15)12-10-17(16)29-18-5-3-4-6-19(18)30(24,27)28/h3-6,15-17H,7-14H2,1-2H3/t16-,17-/m1/s1. The van der Waals surface area contributed by atoms with Gasteiger partial charge in [-0.1, -0.05) is 12.1 Å². The molecule has 1 aromatic carbocycles. The van der Waals surface area contributed by atoms with E-state index < -0.39 is 22.2 Å². The van der Waals surface area contributed by atoms with Crippen LogP contribution in [0, 0.1) is 5.92 Å². The lowest BCUT2D eigenvalue weighted by Gasteiger charge is -2.31. The van der Waals surface area contributed by atoms with Gasteiger partial charge in [0.05, 0.1) is 12.6 Å². The minimum absolute atomic E-state index is 0.0892. The molecule has 0 unspecified atom stereocenters. The Morgan fingerprint density at radius 2 is 1.80 bits per heavy atom. The fourth-order valence-corrected chi connectivity index (χ4v) is 5.93. The fourth-order valence-electron chi connectivity index (χ4n) is 4.18. The van der Waals surface area contributed by atoms with Gasteiger partial charge in [-0.25, -0.2) is 8.42 Å². The van der Waals surface area contributed by atoms with Gasteiger partial charge < -0.3 is 14.5 Å². The molecule has 9 heteroatoms. The van der Waals surface area contributed by atoms with Gasteiger partial charge in [0, 0.05) is 40.0 Å². The zero-order valence-corrected chi connectivity index (χ0v) is 18.3. The van der Waals surface area contributed by atoms with Crippen molar-refractivity contribution in [1.82, 2.24) is 14.1 Å². The van der Waals surface area contributed by atoms with E-state index in [2.05, 4.69) is 0 Å². The van der Waals surface area contributed by atoms with E-state index in [4.69, 9.17) is 4.74 Å². The molecule has 2 atom stereocenters. The van der Waals surface area contributed by atoms with E-state index in [1.54, 1.807) is 32.3 Å². The van der Waals surface area contributed by atoms with E-state index in [0.717, 1.165) is 12.8 Å². The average Bonchev–Trinajstić information content (AvgIpc) is 3.53. The van der Waals surface area contributed by atoms with Crippen LogP contribution in [0.3, 0.4) is 0 Å². The summed E-state index contributed by atoms with van der Waals surface area (Å²) in [6.07, 6.45) is 3.34. The second-order valence-electron chi connectivity index (χ2n) is 8.61. The molecule has 8 nitrogen and oxygen atoms in total. The number of hydrogen-bond acceptors (Lipinski definition) is 5. The van der Waals surface area contributed by atoms with Crippen molar-refractivity contribution in [3.05, 3.63) is 24.3 Å². The van der Waals surface area contributed by atoms with Gasteiger partial charge in [0.1, 0.15) is 16.7 Å².